The number of halogens is 1. The van der Waals surface area contributed by atoms with Crippen LogP contribution in [0, 0.1) is 0 Å². The van der Waals surface area contributed by atoms with Gasteiger partial charge in [0, 0.05) is 15.6 Å². The van der Waals surface area contributed by atoms with Gasteiger partial charge in [-0.15, -0.1) is 0 Å². The summed E-state index contributed by atoms with van der Waals surface area (Å²) in [5.74, 6) is 0.926. The maximum absolute atomic E-state index is 11.9. The Kier molecular flexibility index (Phi) is 5.55. The Morgan fingerprint density at radius 2 is 1.77 bits per heavy atom. The number of nitrogens with one attached hydrogen (secondary N) is 1. The van der Waals surface area contributed by atoms with Gasteiger partial charge in [0.15, 0.2) is 11.5 Å². The normalized spacial score (nSPS) is 10.5. The molecule has 114 valence electrons. The van der Waals surface area contributed by atoms with E-state index >= 15 is 0 Å². The summed E-state index contributed by atoms with van der Waals surface area (Å²) in [5, 5.41) is 3.96. The summed E-state index contributed by atoms with van der Waals surface area (Å²) < 4.78 is 11.2. The van der Waals surface area contributed by atoms with Crippen LogP contribution < -0.4 is 14.9 Å². The van der Waals surface area contributed by atoms with Crippen LogP contribution in [0.4, 0.5) is 0 Å². The molecule has 0 aromatic heterocycles. The standard InChI is InChI=1S/C16H15BrN2O3/c1-21-14-8-12(13(17)9-15(14)22-2)10-18-19-16(20)11-6-4-3-5-7-11/h3-10H,1-2H3,(H,19,20)/b18-10-. The number of rotatable bonds is 5. The Hall–Kier alpha value is -2.34. The number of benzene rings is 2. The highest BCUT2D eigenvalue weighted by Gasteiger charge is 2.08. The lowest BCUT2D eigenvalue weighted by atomic mass is 10.2. The van der Waals surface area contributed by atoms with Gasteiger partial charge in [-0.3, -0.25) is 4.79 Å². The summed E-state index contributed by atoms with van der Waals surface area (Å²) in [7, 11) is 3.13. The van der Waals surface area contributed by atoms with Gasteiger partial charge in [0.05, 0.1) is 20.4 Å². The van der Waals surface area contributed by atoms with Crippen LogP contribution in [-0.2, 0) is 0 Å². The van der Waals surface area contributed by atoms with Crippen LogP contribution >= 0.6 is 15.9 Å². The van der Waals surface area contributed by atoms with Crippen molar-refractivity contribution in [3.05, 3.63) is 58.1 Å². The minimum Gasteiger partial charge on any atom is -0.493 e. The fourth-order valence-corrected chi connectivity index (χ4v) is 2.21. The lowest BCUT2D eigenvalue weighted by molar-refractivity contribution is 0.0955. The number of carbonyl (C=O) groups excluding carboxylic acids is 1. The second-order valence-electron chi connectivity index (χ2n) is 4.29. The van der Waals surface area contributed by atoms with Gasteiger partial charge in [-0.25, -0.2) is 5.43 Å². The molecule has 0 bridgehead atoms. The smallest absolute Gasteiger partial charge is 0.271 e. The average molecular weight is 363 g/mol. The van der Waals surface area contributed by atoms with Crippen molar-refractivity contribution in [3.63, 3.8) is 0 Å². The van der Waals surface area contributed by atoms with E-state index in [4.69, 9.17) is 9.47 Å². The number of hydrogen-bond acceptors (Lipinski definition) is 4. The summed E-state index contributed by atoms with van der Waals surface area (Å²) in [6.07, 6.45) is 1.53. The van der Waals surface area contributed by atoms with Crippen LogP contribution in [0.1, 0.15) is 15.9 Å². The van der Waals surface area contributed by atoms with E-state index in [-0.39, 0.29) is 5.91 Å². The van der Waals surface area contributed by atoms with Crippen molar-refractivity contribution in [1.82, 2.24) is 5.43 Å². The van der Waals surface area contributed by atoms with Crippen LogP contribution in [0.3, 0.4) is 0 Å². The van der Waals surface area contributed by atoms with E-state index in [1.54, 1.807) is 50.6 Å². The molecule has 0 aliphatic rings. The molecule has 0 unspecified atom stereocenters. The fraction of sp³-hybridized carbons (Fsp3) is 0.125. The maximum atomic E-state index is 11.9. The summed E-state index contributed by atoms with van der Waals surface area (Å²) in [4.78, 5) is 11.9. The minimum atomic E-state index is -0.270. The number of amides is 1. The van der Waals surface area contributed by atoms with E-state index in [1.165, 1.54) is 6.21 Å². The first-order chi connectivity index (χ1) is 10.7. The Bertz CT molecular complexity index is 687. The van der Waals surface area contributed by atoms with Crippen LogP contribution in [0.15, 0.2) is 52.0 Å². The third kappa shape index (κ3) is 3.85. The van der Waals surface area contributed by atoms with Crippen molar-refractivity contribution in [3.8, 4) is 11.5 Å². The zero-order valence-corrected chi connectivity index (χ0v) is 13.8. The Balaban J connectivity index is 2.12. The summed E-state index contributed by atoms with van der Waals surface area (Å²) >= 11 is 3.42. The van der Waals surface area contributed by atoms with Gasteiger partial charge in [0.2, 0.25) is 0 Å². The van der Waals surface area contributed by atoms with E-state index in [1.807, 2.05) is 6.07 Å². The van der Waals surface area contributed by atoms with Gasteiger partial charge in [-0.05, 0) is 40.2 Å². The van der Waals surface area contributed by atoms with Crippen molar-refractivity contribution in [2.24, 2.45) is 5.10 Å². The molecular weight excluding hydrogens is 348 g/mol. The first kappa shape index (κ1) is 16.0. The van der Waals surface area contributed by atoms with Gasteiger partial charge in [-0.2, -0.15) is 5.10 Å². The number of hydrogen-bond donors (Lipinski definition) is 1. The molecule has 6 heteroatoms. The summed E-state index contributed by atoms with van der Waals surface area (Å²) in [6, 6.07) is 12.4. The first-order valence-corrected chi connectivity index (χ1v) is 7.25. The lowest BCUT2D eigenvalue weighted by Crippen LogP contribution is -2.17. The summed E-state index contributed by atoms with van der Waals surface area (Å²) in [6.45, 7) is 0. The number of carbonyl (C=O) groups is 1. The Morgan fingerprint density at radius 1 is 1.14 bits per heavy atom. The molecule has 2 rings (SSSR count). The van der Waals surface area contributed by atoms with Crippen LogP contribution in [0.5, 0.6) is 11.5 Å². The molecule has 0 saturated heterocycles. The number of hydrazone groups is 1. The predicted octanol–water partition coefficient (Wildman–Crippen LogP) is 3.23. The topological polar surface area (TPSA) is 59.9 Å². The molecule has 0 aliphatic carbocycles. The SMILES string of the molecule is COc1cc(Br)c(/C=N\NC(=O)c2ccccc2)cc1OC. The van der Waals surface area contributed by atoms with E-state index in [9.17, 15) is 4.79 Å². The zero-order valence-electron chi connectivity index (χ0n) is 12.2. The number of nitrogens with zero attached hydrogens (tertiary/aromatic N) is 1. The Morgan fingerprint density at radius 3 is 2.41 bits per heavy atom. The third-order valence-corrected chi connectivity index (χ3v) is 3.60. The van der Waals surface area contributed by atoms with E-state index in [0.717, 1.165) is 10.0 Å². The highest BCUT2D eigenvalue weighted by Crippen LogP contribution is 2.32. The summed E-state index contributed by atoms with van der Waals surface area (Å²) in [5.41, 5.74) is 3.78. The highest BCUT2D eigenvalue weighted by molar-refractivity contribution is 9.10. The molecule has 0 heterocycles. The van der Waals surface area contributed by atoms with Crippen molar-refractivity contribution in [1.29, 1.82) is 0 Å². The second kappa shape index (κ2) is 7.61. The predicted molar refractivity (Wildman–Crippen MR) is 88.7 cm³/mol. The van der Waals surface area contributed by atoms with Gasteiger partial charge in [0.25, 0.3) is 5.91 Å². The van der Waals surface area contributed by atoms with Gasteiger partial charge in [-0.1, -0.05) is 18.2 Å². The second-order valence-corrected chi connectivity index (χ2v) is 5.15. The van der Waals surface area contributed by atoms with Crippen molar-refractivity contribution in [2.75, 3.05) is 14.2 Å². The van der Waals surface area contributed by atoms with Crippen LogP contribution in [0.25, 0.3) is 0 Å². The van der Waals surface area contributed by atoms with Crippen molar-refractivity contribution < 1.29 is 14.3 Å². The number of methoxy groups -OCH3 is 2. The molecule has 2 aromatic rings. The maximum Gasteiger partial charge on any atom is 0.271 e. The molecule has 0 atom stereocenters. The highest BCUT2D eigenvalue weighted by atomic mass is 79.9. The van der Waals surface area contributed by atoms with E-state index in [0.29, 0.717) is 17.1 Å². The van der Waals surface area contributed by atoms with Gasteiger partial charge in [0.1, 0.15) is 0 Å². The molecule has 5 nitrogen and oxygen atoms in total. The molecule has 2 aromatic carbocycles. The molecule has 1 amide bonds. The average Bonchev–Trinajstić information content (AvgIpc) is 2.56. The number of ether oxygens (including phenoxy) is 2. The molecule has 22 heavy (non-hydrogen) atoms. The zero-order chi connectivity index (χ0) is 15.9. The third-order valence-electron chi connectivity index (χ3n) is 2.91. The van der Waals surface area contributed by atoms with Gasteiger partial charge < -0.3 is 9.47 Å². The largest absolute Gasteiger partial charge is 0.493 e. The minimum absolute atomic E-state index is 0.270. The molecule has 0 saturated carbocycles. The molecule has 0 spiro atoms. The molecule has 1 N–H and O–H groups in total. The molecular formula is C16H15BrN2O3. The van der Waals surface area contributed by atoms with Crippen LogP contribution in [-0.4, -0.2) is 26.3 Å². The Labute approximate surface area is 137 Å². The quantitative estimate of drug-likeness (QED) is 0.656. The lowest BCUT2D eigenvalue weighted by Gasteiger charge is -2.09. The molecule has 0 radical (unpaired) electrons. The van der Waals surface area contributed by atoms with E-state index in [2.05, 4.69) is 26.5 Å². The van der Waals surface area contributed by atoms with E-state index < -0.39 is 0 Å². The van der Waals surface area contributed by atoms with Crippen LogP contribution in [0.2, 0.25) is 0 Å². The van der Waals surface area contributed by atoms with Crippen molar-refractivity contribution in [2.45, 2.75) is 0 Å². The first-order valence-electron chi connectivity index (χ1n) is 6.45. The molecule has 0 fully saturated rings. The molecule has 0 aliphatic heterocycles. The van der Waals surface area contributed by atoms with Crippen molar-refractivity contribution >= 4 is 28.1 Å². The van der Waals surface area contributed by atoms with Gasteiger partial charge >= 0.3 is 0 Å². The fourth-order valence-electron chi connectivity index (χ4n) is 1.78. The monoisotopic (exact) mass is 362 g/mol.